The van der Waals surface area contributed by atoms with Gasteiger partial charge in [-0.25, -0.2) is 4.98 Å². The first-order chi connectivity index (χ1) is 17.3. The Morgan fingerprint density at radius 3 is 2.81 bits per heavy atom. The largest absolute Gasteiger partial charge is 0.487 e. The quantitative estimate of drug-likeness (QED) is 0.301. The number of nitrogens with two attached hydrogens (primary N) is 1. The zero-order valence-electron chi connectivity index (χ0n) is 20.1. The minimum Gasteiger partial charge on any atom is -0.487 e. The van der Waals surface area contributed by atoms with Crippen molar-refractivity contribution in [1.82, 2.24) is 14.5 Å². The lowest BCUT2D eigenvalue weighted by Gasteiger charge is -2.16. The Kier molecular flexibility index (Phi) is 7.72. The fourth-order valence-electron chi connectivity index (χ4n) is 3.95. The van der Waals surface area contributed by atoms with Gasteiger partial charge in [-0.15, -0.1) is 0 Å². The van der Waals surface area contributed by atoms with E-state index in [2.05, 4.69) is 9.98 Å². The number of ether oxygens (including phenoxy) is 1. The average molecular weight is 522 g/mol. The van der Waals surface area contributed by atoms with E-state index in [-0.39, 0.29) is 24.4 Å². The lowest BCUT2D eigenvalue weighted by molar-refractivity contribution is 0.307. The summed E-state index contributed by atoms with van der Waals surface area (Å²) in [7, 11) is 0. The van der Waals surface area contributed by atoms with Gasteiger partial charge in [0.2, 0.25) is 0 Å². The van der Waals surface area contributed by atoms with Gasteiger partial charge in [0.25, 0.3) is 5.56 Å². The lowest BCUT2D eigenvalue weighted by atomic mass is 10.0. The van der Waals surface area contributed by atoms with Crippen molar-refractivity contribution in [2.45, 2.75) is 33.9 Å². The molecule has 0 unspecified atom stereocenters. The van der Waals surface area contributed by atoms with Crippen molar-refractivity contribution < 1.29 is 4.74 Å². The van der Waals surface area contributed by atoms with Crippen LogP contribution in [-0.4, -0.2) is 20.7 Å². The summed E-state index contributed by atoms with van der Waals surface area (Å²) in [6, 6.07) is 11.0. The van der Waals surface area contributed by atoms with E-state index in [0.717, 1.165) is 27.8 Å². The van der Waals surface area contributed by atoms with Gasteiger partial charge in [-0.05, 0) is 50.6 Å². The smallest absolute Gasteiger partial charge is 0.273 e. The van der Waals surface area contributed by atoms with E-state index >= 15 is 0 Å². The normalized spacial score (nSPS) is 12.2. The number of rotatable bonds is 7. The molecule has 0 aliphatic rings. The fourth-order valence-corrected chi connectivity index (χ4v) is 4.33. The van der Waals surface area contributed by atoms with Gasteiger partial charge in [-0.2, -0.15) is 0 Å². The maximum absolute atomic E-state index is 12.4. The Hall–Kier alpha value is -3.68. The number of hydrogen-bond acceptors (Lipinski definition) is 6. The highest BCUT2D eigenvalue weighted by molar-refractivity contribution is 6.32. The number of hydrogen-bond donors (Lipinski definition) is 1. The van der Waals surface area contributed by atoms with Crippen LogP contribution in [0.1, 0.15) is 36.2 Å². The zero-order chi connectivity index (χ0) is 25.8. The van der Waals surface area contributed by atoms with E-state index in [1.165, 1.54) is 4.57 Å². The Morgan fingerprint density at radius 2 is 2.06 bits per heavy atom. The van der Waals surface area contributed by atoms with Crippen LogP contribution in [0.3, 0.4) is 0 Å². The molecule has 0 aliphatic heterocycles. The molecular weight excluding hydrogens is 497 g/mol. The van der Waals surface area contributed by atoms with Crippen molar-refractivity contribution in [3.05, 3.63) is 97.8 Å². The Labute approximate surface area is 218 Å². The number of aromatic nitrogens is 3. The molecule has 36 heavy (non-hydrogen) atoms. The number of pyridine rings is 3. The SMILES string of the molecule is CC=N/C(=C(\C)Cl)c1cc(C)nc2c(OCc3c(Cl)cncc3Cn3cccc(N)c3=O)cccc12. The van der Waals surface area contributed by atoms with Crippen LogP contribution in [0.15, 0.2) is 69.8 Å². The number of allylic oxidation sites excluding steroid dienone is 1. The van der Waals surface area contributed by atoms with E-state index < -0.39 is 0 Å². The van der Waals surface area contributed by atoms with Gasteiger partial charge in [0.15, 0.2) is 0 Å². The first-order valence-electron chi connectivity index (χ1n) is 11.2. The van der Waals surface area contributed by atoms with Crippen LogP contribution >= 0.6 is 23.2 Å². The van der Waals surface area contributed by atoms with Gasteiger partial charge in [-0.3, -0.25) is 14.8 Å². The minimum absolute atomic E-state index is 0.155. The predicted octanol–water partition coefficient (Wildman–Crippen LogP) is 5.98. The molecule has 9 heteroatoms. The molecule has 184 valence electrons. The van der Waals surface area contributed by atoms with Gasteiger partial charge in [0.05, 0.1) is 23.0 Å². The predicted molar refractivity (Wildman–Crippen MR) is 147 cm³/mol. The molecule has 7 nitrogen and oxygen atoms in total. The number of halogens is 2. The van der Waals surface area contributed by atoms with Crippen LogP contribution in [0.2, 0.25) is 5.02 Å². The van der Waals surface area contributed by atoms with Crippen molar-refractivity contribution in [2.24, 2.45) is 4.99 Å². The molecule has 3 heterocycles. The number of aryl methyl sites for hydroxylation is 1. The standard InChI is InChI=1S/C27H25Cl2N5O2/c1-4-32-25(17(3)28)20-11-16(2)33-26-19(20)7-5-9-24(26)36-15-21-18(12-31-13-22(21)29)14-34-10-6-8-23(30)27(34)35/h4-13H,14-15,30H2,1-3H3/b25-17+,32-4?. The number of aliphatic imine (C=N–C) groups is 1. The highest BCUT2D eigenvalue weighted by Crippen LogP contribution is 2.34. The van der Waals surface area contributed by atoms with Crippen LogP contribution in [0, 0.1) is 6.92 Å². The maximum atomic E-state index is 12.4. The van der Waals surface area contributed by atoms with Gasteiger partial charge >= 0.3 is 0 Å². The second kappa shape index (κ2) is 10.9. The second-order valence-electron chi connectivity index (χ2n) is 8.18. The van der Waals surface area contributed by atoms with E-state index in [1.54, 1.807) is 36.9 Å². The topological polar surface area (TPSA) is 95.4 Å². The first-order valence-corrected chi connectivity index (χ1v) is 12.0. The molecule has 0 bridgehead atoms. The molecule has 0 fully saturated rings. The number of fused-ring (bicyclic) bond motifs is 1. The van der Waals surface area contributed by atoms with Crippen molar-refractivity contribution >= 4 is 51.7 Å². The Morgan fingerprint density at radius 1 is 1.25 bits per heavy atom. The van der Waals surface area contributed by atoms with Gasteiger partial charge in [0, 0.05) is 52.0 Å². The third-order valence-electron chi connectivity index (χ3n) is 5.63. The van der Waals surface area contributed by atoms with Crippen LogP contribution < -0.4 is 16.0 Å². The Bertz CT molecular complexity index is 1560. The highest BCUT2D eigenvalue weighted by atomic mass is 35.5. The second-order valence-corrected chi connectivity index (χ2v) is 9.15. The molecule has 0 radical (unpaired) electrons. The number of nitrogens with zero attached hydrogens (tertiary/aromatic N) is 4. The Balaban J connectivity index is 1.73. The average Bonchev–Trinajstić information content (AvgIpc) is 2.84. The summed E-state index contributed by atoms with van der Waals surface area (Å²) in [5.74, 6) is 0.587. The summed E-state index contributed by atoms with van der Waals surface area (Å²) in [6.45, 7) is 5.98. The molecule has 0 saturated heterocycles. The van der Waals surface area contributed by atoms with E-state index in [4.69, 9.17) is 38.7 Å². The van der Waals surface area contributed by atoms with E-state index in [9.17, 15) is 4.79 Å². The summed E-state index contributed by atoms with van der Waals surface area (Å²) in [5, 5.41) is 1.89. The summed E-state index contributed by atoms with van der Waals surface area (Å²) < 4.78 is 7.77. The molecule has 2 N–H and O–H groups in total. The number of anilines is 1. The molecule has 3 aromatic heterocycles. The van der Waals surface area contributed by atoms with E-state index in [0.29, 0.717) is 27.0 Å². The van der Waals surface area contributed by atoms with Crippen LogP contribution in [0.4, 0.5) is 5.69 Å². The molecule has 0 spiro atoms. The van der Waals surface area contributed by atoms with Crippen LogP contribution in [-0.2, 0) is 13.2 Å². The zero-order valence-corrected chi connectivity index (χ0v) is 21.6. The van der Waals surface area contributed by atoms with Gasteiger partial charge < -0.3 is 15.0 Å². The summed E-state index contributed by atoms with van der Waals surface area (Å²) in [4.78, 5) is 25.8. The van der Waals surface area contributed by atoms with Crippen LogP contribution in [0.5, 0.6) is 5.75 Å². The number of nitrogen functional groups attached to an aromatic ring is 1. The van der Waals surface area contributed by atoms with Gasteiger partial charge in [0.1, 0.15) is 17.9 Å². The first kappa shape index (κ1) is 25.4. The fraction of sp³-hybridized carbons (Fsp3) is 0.185. The van der Waals surface area contributed by atoms with Gasteiger partial charge in [-0.1, -0.05) is 35.3 Å². The molecule has 1 aromatic carbocycles. The van der Waals surface area contributed by atoms with Crippen LogP contribution in [0.25, 0.3) is 16.6 Å². The van der Waals surface area contributed by atoms with E-state index in [1.807, 2.05) is 45.0 Å². The molecule has 0 aliphatic carbocycles. The number of benzene rings is 1. The minimum atomic E-state index is -0.279. The molecule has 0 saturated carbocycles. The number of para-hydroxylation sites is 1. The third-order valence-corrected chi connectivity index (χ3v) is 6.13. The summed E-state index contributed by atoms with van der Waals surface area (Å²) >= 11 is 12.9. The highest BCUT2D eigenvalue weighted by Gasteiger charge is 2.16. The summed E-state index contributed by atoms with van der Waals surface area (Å²) in [5.41, 5.74) is 10.2. The van der Waals surface area contributed by atoms with Crippen molar-refractivity contribution in [3.63, 3.8) is 0 Å². The monoisotopic (exact) mass is 521 g/mol. The molecular formula is C27H25Cl2N5O2. The summed E-state index contributed by atoms with van der Waals surface area (Å²) in [6.07, 6.45) is 6.61. The van der Waals surface area contributed by atoms with Crippen molar-refractivity contribution in [3.8, 4) is 5.75 Å². The molecule has 0 amide bonds. The molecule has 4 rings (SSSR count). The third kappa shape index (κ3) is 5.27. The van der Waals surface area contributed by atoms with Crippen molar-refractivity contribution in [2.75, 3.05) is 5.73 Å². The maximum Gasteiger partial charge on any atom is 0.273 e. The molecule has 0 atom stereocenters. The van der Waals surface area contributed by atoms with Crippen molar-refractivity contribution in [1.29, 1.82) is 0 Å². The molecule has 4 aromatic rings. The lowest BCUT2D eigenvalue weighted by Crippen LogP contribution is -2.23.